The Morgan fingerprint density at radius 2 is 2.21 bits per heavy atom. The molecular weight excluding hydrogens is 397 g/mol. The molecule has 3 rings (SSSR count). The van der Waals surface area contributed by atoms with Gasteiger partial charge in [-0.2, -0.15) is 5.10 Å². The molecule has 0 bridgehead atoms. The number of urea groups is 1. The average molecular weight is 424 g/mol. The van der Waals surface area contributed by atoms with Crippen molar-refractivity contribution in [2.45, 2.75) is 39.5 Å². The molecule has 0 aliphatic carbocycles. The Balaban J connectivity index is 1.73. The molecular formula is C20H27ClFN5O2. The number of rotatable bonds is 7. The van der Waals surface area contributed by atoms with Crippen molar-refractivity contribution in [1.29, 1.82) is 0 Å². The second-order valence-corrected chi connectivity index (χ2v) is 7.39. The Morgan fingerprint density at radius 1 is 1.41 bits per heavy atom. The number of fused-ring (bicyclic) bond motifs is 1. The van der Waals surface area contributed by atoms with E-state index in [0.717, 1.165) is 30.9 Å². The molecule has 0 fully saturated rings. The fraction of sp³-hybridized carbons (Fsp3) is 0.500. The third-order valence-electron chi connectivity index (χ3n) is 5.24. The number of carbonyl (C=O) groups is 1. The molecule has 0 saturated heterocycles. The van der Waals surface area contributed by atoms with E-state index in [1.165, 1.54) is 18.2 Å². The van der Waals surface area contributed by atoms with Crippen LogP contribution in [0, 0.1) is 5.82 Å². The van der Waals surface area contributed by atoms with Gasteiger partial charge in [0.1, 0.15) is 5.82 Å². The smallest absolute Gasteiger partial charge is 0.322 e. The summed E-state index contributed by atoms with van der Waals surface area (Å²) in [6.45, 7) is 7.38. The zero-order chi connectivity index (χ0) is 21.0. The normalized spacial score (nSPS) is 14.4. The maximum atomic E-state index is 13.3. The molecule has 7 nitrogen and oxygen atoms in total. The average Bonchev–Trinajstić information content (AvgIpc) is 3.15. The number of anilines is 2. The first-order valence-electron chi connectivity index (χ1n) is 9.80. The van der Waals surface area contributed by atoms with Crippen LogP contribution >= 0.6 is 11.6 Å². The summed E-state index contributed by atoms with van der Waals surface area (Å²) in [6.07, 6.45) is 2.92. The zero-order valence-electron chi connectivity index (χ0n) is 17.0. The number of likely N-dealkylation sites (N-methyl/N-ethyl adjacent to an activating group) is 1. The summed E-state index contributed by atoms with van der Waals surface area (Å²) in [5, 5.41) is 7.26. The van der Waals surface area contributed by atoms with Crippen molar-refractivity contribution < 1.29 is 13.9 Å². The molecule has 158 valence electrons. The van der Waals surface area contributed by atoms with Crippen LogP contribution < -0.4 is 10.2 Å². The molecule has 2 amide bonds. The summed E-state index contributed by atoms with van der Waals surface area (Å²) in [5.74, 6) is -0.516. The van der Waals surface area contributed by atoms with Gasteiger partial charge in [0, 0.05) is 32.4 Å². The summed E-state index contributed by atoms with van der Waals surface area (Å²) < 4.78 is 20.8. The maximum Gasteiger partial charge on any atom is 0.322 e. The van der Waals surface area contributed by atoms with Crippen molar-refractivity contribution in [2.24, 2.45) is 0 Å². The first-order valence-corrected chi connectivity index (χ1v) is 10.2. The molecule has 0 spiro atoms. The predicted molar refractivity (Wildman–Crippen MR) is 112 cm³/mol. The highest BCUT2D eigenvalue weighted by Gasteiger charge is 2.26. The number of nitrogens with one attached hydrogen (secondary N) is 1. The molecule has 1 aromatic heterocycles. The second kappa shape index (κ2) is 9.45. The van der Waals surface area contributed by atoms with E-state index in [9.17, 15) is 9.18 Å². The topological polar surface area (TPSA) is 62.6 Å². The van der Waals surface area contributed by atoms with E-state index in [2.05, 4.69) is 29.2 Å². The monoisotopic (exact) mass is 423 g/mol. The third-order valence-corrected chi connectivity index (χ3v) is 5.53. The number of methoxy groups -OCH3 is 1. The van der Waals surface area contributed by atoms with E-state index < -0.39 is 5.82 Å². The van der Waals surface area contributed by atoms with E-state index in [4.69, 9.17) is 16.3 Å². The SMILES string of the molecule is CCC(CN(CC)c1cnn2c1CN(C(=O)Nc1ccc(F)c(Cl)c1)CC2)OC. The first-order chi connectivity index (χ1) is 14.0. The number of hydrogen-bond donors (Lipinski definition) is 1. The zero-order valence-corrected chi connectivity index (χ0v) is 17.7. The van der Waals surface area contributed by atoms with Crippen LogP contribution in [0.25, 0.3) is 0 Å². The highest BCUT2D eigenvalue weighted by Crippen LogP contribution is 2.26. The molecule has 0 saturated carbocycles. The minimum absolute atomic E-state index is 0.0241. The Morgan fingerprint density at radius 3 is 2.86 bits per heavy atom. The Labute approximate surface area is 175 Å². The van der Waals surface area contributed by atoms with Crippen LogP contribution in [0.5, 0.6) is 0 Å². The highest BCUT2D eigenvalue weighted by atomic mass is 35.5. The molecule has 1 aliphatic heterocycles. The van der Waals surface area contributed by atoms with Gasteiger partial charge in [0.15, 0.2) is 0 Å². The van der Waals surface area contributed by atoms with Crippen molar-refractivity contribution in [3.8, 4) is 0 Å². The Hall–Kier alpha value is -2.32. The molecule has 2 heterocycles. The number of benzene rings is 1. The third kappa shape index (κ3) is 4.82. The van der Waals surface area contributed by atoms with Crippen LogP contribution in [0.2, 0.25) is 5.02 Å². The van der Waals surface area contributed by atoms with Crippen molar-refractivity contribution in [2.75, 3.05) is 37.0 Å². The van der Waals surface area contributed by atoms with Crippen LogP contribution in [0.3, 0.4) is 0 Å². The maximum absolute atomic E-state index is 13.3. The van der Waals surface area contributed by atoms with Gasteiger partial charge in [0.05, 0.1) is 41.8 Å². The molecule has 2 aromatic rings. The minimum Gasteiger partial charge on any atom is -0.380 e. The van der Waals surface area contributed by atoms with Gasteiger partial charge < -0.3 is 19.9 Å². The molecule has 0 radical (unpaired) electrons. The fourth-order valence-electron chi connectivity index (χ4n) is 3.46. The number of aromatic nitrogens is 2. The van der Waals surface area contributed by atoms with Crippen LogP contribution in [0.1, 0.15) is 26.0 Å². The molecule has 1 aliphatic rings. The van der Waals surface area contributed by atoms with Crippen LogP contribution in [0.15, 0.2) is 24.4 Å². The van der Waals surface area contributed by atoms with Crippen LogP contribution in [-0.4, -0.2) is 53.6 Å². The van der Waals surface area contributed by atoms with Crippen molar-refractivity contribution in [3.63, 3.8) is 0 Å². The van der Waals surface area contributed by atoms with E-state index in [1.807, 2.05) is 10.9 Å². The minimum atomic E-state index is -0.516. The molecule has 29 heavy (non-hydrogen) atoms. The van der Waals surface area contributed by atoms with Crippen molar-refractivity contribution >= 4 is 29.0 Å². The molecule has 1 unspecified atom stereocenters. The Bertz CT molecular complexity index is 855. The van der Waals surface area contributed by atoms with E-state index in [1.54, 1.807) is 12.0 Å². The number of ether oxygens (including phenoxy) is 1. The summed E-state index contributed by atoms with van der Waals surface area (Å²) in [4.78, 5) is 16.7. The van der Waals surface area contributed by atoms with Gasteiger partial charge in [0.2, 0.25) is 0 Å². The number of hydrogen-bond acceptors (Lipinski definition) is 4. The summed E-state index contributed by atoms with van der Waals surface area (Å²) in [7, 11) is 1.73. The van der Waals surface area contributed by atoms with Gasteiger partial charge >= 0.3 is 6.03 Å². The highest BCUT2D eigenvalue weighted by molar-refractivity contribution is 6.31. The Kier molecular flexibility index (Phi) is 6.97. The fourth-order valence-corrected chi connectivity index (χ4v) is 3.64. The molecule has 1 aromatic carbocycles. The molecule has 1 N–H and O–H groups in total. The number of amides is 2. The summed E-state index contributed by atoms with van der Waals surface area (Å²) >= 11 is 5.81. The first kappa shape index (κ1) is 21.4. The van der Waals surface area contributed by atoms with Gasteiger partial charge in [-0.25, -0.2) is 9.18 Å². The molecule has 1 atom stereocenters. The van der Waals surface area contributed by atoms with Crippen molar-refractivity contribution in [3.05, 3.63) is 40.9 Å². The van der Waals surface area contributed by atoms with Gasteiger partial charge in [-0.3, -0.25) is 4.68 Å². The lowest BCUT2D eigenvalue weighted by atomic mass is 10.2. The van der Waals surface area contributed by atoms with Gasteiger partial charge in [-0.05, 0) is 31.5 Å². The summed E-state index contributed by atoms with van der Waals surface area (Å²) in [6, 6.07) is 3.88. The van der Waals surface area contributed by atoms with Crippen molar-refractivity contribution in [1.82, 2.24) is 14.7 Å². The lowest BCUT2D eigenvalue weighted by Crippen LogP contribution is -2.42. The van der Waals surface area contributed by atoms with Crippen LogP contribution in [-0.2, 0) is 17.8 Å². The largest absolute Gasteiger partial charge is 0.380 e. The van der Waals surface area contributed by atoms with Gasteiger partial charge in [0.25, 0.3) is 0 Å². The number of halogens is 2. The summed E-state index contributed by atoms with van der Waals surface area (Å²) in [5.41, 5.74) is 2.48. The molecule has 9 heteroatoms. The second-order valence-electron chi connectivity index (χ2n) is 6.98. The lowest BCUT2D eigenvalue weighted by Gasteiger charge is -2.32. The van der Waals surface area contributed by atoms with E-state index in [-0.39, 0.29) is 17.2 Å². The number of carbonyl (C=O) groups excluding carboxylic acids is 1. The lowest BCUT2D eigenvalue weighted by molar-refractivity contribution is 0.104. The standard InChI is InChI=1S/C20H27ClFN5O2/c1-4-15(29-3)12-25(5-2)18-11-23-27-9-8-26(13-19(18)27)20(28)24-14-6-7-17(22)16(21)10-14/h6-7,10-11,15H,4-5,8-9,12-13H2,1-3H3,(H,24,28). The van der Waals surface area contributed by atoms with E-state index >= 15 is 0 Å². The van der Waals surface area contributed by atoms with Gasteiger partial charge in [-0.1, -0.05) is 18.5 Å². The van der Waals surface area contributed by atoms with Crippen LogP contribution in [0.4, 0.5) is 20.6 Å². The number of nitrogens with zero attached hydrogens (tertiary/aromatic N) is 4. The quantitative estimate of drug-likeness (QED) is 0.731. The van der Waals surface area contributed by atoms with E-state index in [0.29, 0.717) is 25.3 Å². The van der Waals surface area contributed by atoms with Gasteiger partial charge in [-0.15, -0.1) is 0 Å². The predicted octanol–water partition coefficient (Wildman–Crippen LogP) is 3.97.